The first kappa shape index (κ1) is 15.5. The van der Waals surface area contributed by atoms with Gasteiger partial charge in [-0.25, -0.2) is 0 Å². The summed E-state index contributed by atoms with van der Waals surface area (Å²) in [5.74, 6) is -0.758. The molecule has 0 saturated heterocycles. The normalized spacial score (nSPS) is 17.3. The molecule has 1 unspecified atom stereocenters. The molecule has 0 heterocycles. The van der Waals surface area contributed by atoms with E-state index in [2.05, 4.69) is 16.3 Å². The highest BCUT2D eigenvalue weighted by molar-refractivity contribution is 6.07. The Morgan fingerprint density at radius 1 is 1.38 bits per heavy atom. The van der Waals surface area contributed by atoms with Gasteiger partial charge in [-0.3, -0.25) is 9.59 Å². The highest BCUT2D eigenvalue weighted by Gasteiger charge is 2.55. The summed E-state index contributed by atoms with van der Waals surface area (Å²) in [6.45, 7) is 2.51. The summed E-state index contributed by atoms with van der Waals surface area (Å²) < 4.78 is 0. The summed E-state index contributed by atoms with van der Waals surface area (Å²) >= 11 is 0. The molecule has 1 atom stereocenters. The topological polar surface area (TPSA) is 75.4 Å². The van der Waals surface area contributed by atoms with Gasteiger partial charge in [-0.2, -0.15) is 0 Å². The zero-order valence-corrected chi connectivity index (χ0v) is 12.8. The van der Waals surface area contributed by atoms with E-state index in [9.17, 15) is 9.59 Å². The number of carbonyl (C=O) groups excluding carboxylic acids is 2. The summed E-state index contributed by atoms with van der Waals surface area (Å²) in [5, 5.41) is 2.88. The summed E-state index contributed by atoms with van der Waals surface area (Å²) in [6.07, 6.45) is 1.12. The van der Waals surface area contributed by atoms with Crippen LogP contribution in [0.3, 0.4) is 0 Å². The van der Waals surface area contributed by atoms with Gasteiger partial charge in [-0.15, -0.1) is 0 Å². The van der Waals surface area contributed by atoms with Crippen molar-refractivity contribution in [3.8, 4) is 0 Å². The number of nitrogens with one attached hydrogen (secondary N) is 1. The van der Waals surface area contributed by atoms with Crippen molar-refractivity contribution in [1.82, 2.24) is 10.2 Å². The van der Waals surface area contributed by atoms with Crippen LogP contribution in [0.5, 0.6) is 0 Å². The maximum Gasteiger partial charge on any atom is 0.235 e. The number of hydrogen-bond acceptors (Lipinski definition) is 3. The first-order valence-corrected chi connectivity index (χ1v) is 7.18. The average Bonchev–Trinajstić information content (AvgIpc) is 3.19. The van der Waals surface area contributed by atoms with E-state index >= 15 is 0 Å². The van der Waals surface area contributed by atoms with Gasteiger partial charge < -0.3 is 16.0 Å². The minimum Gasteiger partial charge on any atom is -0.369 e. The Kier molecular flexibility index (Phi) is 4.32. The Morgan fingerprint density at radius 3 is 2.52 bits per heavy atom. The van der Waals surface area contributed by atoms with E-state index in [1.54, 1.807) is 0 Å². The van der Waals surface area contributed by atoms with Crippen LogP contribution in [0.15, 0.2) is 24.3 Å². The fourth-order valence-corrected chi connectivity index (χ4v) is 2.54. The first-order valence-electron chi connectivity index (χ1n) is 7.18. The molecule has 114 valence electrons. The number of carbonyl (C=O) groups is 2. The van der Waals surface area contributed by atoms with Crippen LogP contribution in [0.4, 0.5) is 0 Å². The van der Waals surface area contributed by atoms with E-state index in [-0.39, 0.29) is 11.9 Å². The lowest BCUT2D eigenvalue weighted by atomic mass is 10.0. The Bertz CT molecular complexity index is 550. The van der Waals surface area contributed by atoms with Crippen molar-refractivity contribution in [3.63, 3.8) is 0 Å². The van der Waals surface area contributed by atoms with Crippen molar-refractivity contribution in [2.24, 2.45) is 11.1 Å². The molecule has 1 saturated carbocycles. The molecule has 1 aromatic carbocycles. The number of likely N-dealkylation sites (N-methyl/N-ethyl adjacent to an activating group) is 1. The van der Waals surface area contributed by atoms with Crippen LogP contribution in [0, 0.1) is 12.3 Å². The number of primary amides is 1. The molecule has 0 spiro atoms. The average molecular weight is 289 g/mol. The van der Waals surface area contributed by atoms with Crippen LogP contribution in [-0.4, -0.2) is 37.4 Å². The van der Waals surface area contributed by atoms with E-state index in [1.165, 1.54) is 5.56 Å². The van der Waals surface area contributed by atoms with E-state index in [0.29, 0.717) is 19.4 Å². The predicted molar refractivity (Wildman–Crippen MR) is 81.5 cm³/mol. The van der Waals surface area contributed by atoms with Gasteiger partial charge in [0, 0.05) is 6.54 Å². The monoisotopic (exact) mass is 289 g/mol. The number of nitrogens with two attached hydrogens (primary N) is 1. The SMILES string of the molecule is Cc1cccc(C(CNC(=O)C2(C(N)=O)CC2)N(C)C)c1. The van der Waals surface area contributed by atoms with Crippen LogP contribution >= 0.6 is 0 Å². The zero-order chi connectivity index (χ0) is 15.6. The van der Waals surface area contributed by atoms with Crippen molar-refractivity contribution in [2.75, 3.05) is 20.6 Å². The van der Waals surface area contributed by atoms with Crippen LogP contribution in [0.2, 0.25) is 0 Å². The maximum atomic E-state index is 12.2. The Morgan fingerprint density at radius 2 is 2.05 bits per heavy atom. The summed E-state index contributed by atoms with van der Waals surface area (Å²) in [6, 6.07) is 8.27. The van der Waals surface area contributed by atoms with Gasteiger partial charge in [0.25, 0.3) is 0 Å². The molecule has 1 fully saturated rings. The number of nitrogens with zero attached hydrogens (tertiary/aromatic N) is 1. The third-order valence-corrected chi connectivity index (χ3v) is 4.16. The molecule has 5 nitrogen and oxygen atoms in total. The van der Waals surface area contributed by atoms with E-state index in [1.807, 2.05) is 39.2 Å². The molecule has 5 heteroatoms. The second-order valence-corrected chi connectivity index (χ2v) is 6.05. The number of amides is 2. The molecule has 1 aliphatic rings. The molecular weight excluding hydrogens is 266 g/mol. The molecule has 0 radical (unpaired) electrons. The van der Waals surface area contributed by atoms with Crippen molar-refractivity contribution >= 4 is 11.8 Å². The molecule has 0 aromatic heterocycles. The summed E-state index contributed by atoms with van der Waals surface area (Å²) in [5.41, 5.74) is 6.69. The molecule has 2 amide bonds. The Hall–Kier alpha value is -1.88. The smallest absolute Gasteiger partial charge is 0.235 e. The zero-order valence-electron chi connectivity index (χ0n) is 12.8. The molecule has 1 aromatic rings. The van der Waals surface area contributed by atoms with E-state index in [0.717, 1.165) is 5.56 Å². The Balaban J connectivity index is 2.05. The Labute approximate surface area is 125 Å². The van der Waals surface area contributed by atoms with Gasteiger partial charge in [0.2, 0.25) is 11.8 Å². The second-order valence-electron chi connectivity index (χ2n) is 6.05. The van der Waals surface area contributed by atoms with Crippen molar-refractivity contribution in [2.45, 2.75) is 25.8 Å². The molecule has 3 N–H and O–H groups in total. The molecule has 0 bridgehead atoms. The van der Waals surface area contributed by atoms with Gasteiger partial charge in [0.05, 0.1) is 6.04 Å². The molecule has 0 aliphatic heterocycles. The van der Waals surface area contributed by atoms with Gasteiger partial charge in [0.1, 0.15) is 5.41 Å². The highest BCUT2D eigenvalue weighted by atomic mass is 16.2. The molecular formula is C16H23N3O2. The summed E-state index contributed by atoms with van der Waals surface area (Å²) in [7, 11) is 3.94. The lowest BCUT2D eigenvalue weighted by Crippen LogP contribution is -2.43. The van der Waals surface area contributed by atoms with E-state index in [4.69, 9.17) is 5.73 Å². The minimum absolute atomic E-state index is 0.0672. The lowest BCUT2D eigenvalue weighted by Gasteiger charge is -2.26. The van der Waals surface area contributed by atoms with Gasteiger partial charge in [-0.05, 0) is 39.4 Å². The van der Waals surface area contributed by atoms with Gasteiger partial charge in [-0.1, -0.05) is 29.8 Å². The fraction of sp³-hybridized carbons (Fsp3) is 0.500. The third-order valence-electron chi connectivity index (χ3n) is 4.16. The first-order chi connectivity index (χ1) is 9.86. The third kappa shape index (κ3) is 3.24. The summed E-state index contributed by atoms with van der Waals surface area (Å²) in [4.78, 5) is 25.6. The minimum atomic E-state index is -0.955. The molecule has 21 heavy (non-hydrogen) atoms. The number of rotatable bonds is 6. The van der Waals surface area contributed by atoms with Crippen molar-refractivity contribution in [3.05, 3.63) is 35.4 Å². The van der Waals surface area contributed by atoms with Crippen molar-refractivity contribution in [1.29, 1.82) is 0 Å². The van der Waals surface area contributed by atoms with Crippen LogP contribution < -0.4 is 11.1 Å². The van der Waals surface area contributed by atoms with Gasteiger partial charge in [0.15, 0.2) is 0 Å². The van der Waals surface area contributed by atoms with Gasteiger partial charge >= 0.3 is 0 Å². The largest absolute Gasteiger partial charge is 0.369 e. The predicted octanol–water partition coefficient (Wildman–Crippen LogP) is 0.979. The molecule has 1 aliphatic carbocycles. The molecule has 2 rings (SSSR count). The van der Waals surface area contributed by atoms with Crippen LogP contribution in [0.1, 0.15) is 30.0 Å². The number of hydrogen-bond donors (Lipinski definition) is 2. The van der Waals surface area contributed by atoms with E-state index < -0.39 is 11.3 Å². The fourth-order valence-electron chi connectivity index (χ4n) is 2.54. The quantitative estimate of drug-likeness (QED) is 0.767. The lowest BCUT2D eigenvalue weighted by molar-refractivity contribution is -0.135. The van der Waals surface area contributed by atoms with Crippen LogP contribution in [0.25, 0.3) is 0 Å². The van der Waals surface area contributed by atoms with Crippen molar-refractivity contribution < 1.29 is 9.59 Å². The highest BCUT2D eigenvalue weighted by Crippen LogP contribution is 2.45. The second kappa shape index (κ2) is 5.85. The number of aryl methyl sites for hydroxylation is 1. The van der Waals surface area contributed by atoms with Crippen LogP contribution in [-0.2, 0) is 9.59 Å². The maximum absolute atomic E-state index is 12.2. The number of benzene rings is 1. The standard InChI is InChI=1S/C16H23N3O2/c1-11-5-4-6-12(9-11)13(19(2)3)10-18-15(21)16(7-8-16)14(17)20/h4-6,9,13H,7-8,10H2,1-3H3,(H2,17,20)(H,18,21).